The molecule has 1 aromatic heterocycles. The molecule has 0 bridgehead atoms. The molecule has 222 valence electrons. The number of hydrogen-bond donors (Lipinski definition) is 4. The monoisotopic (exact) mass is 564 g/mol. The predicted molar refractivity (Wildman–Crippen MR) is 157 cm³/mol. The van der Waals surface area contributed by atoms with E-state index in [1.807, 2.05) is 6.92 Å². The van der Waals surface area contributed by atoms with Gasteiger partial charge in [0.1, 0.15) is 23.4 Å². The number of carbonyl (C=O) groups excluding carboxylic acids is 1. The van der Waals surface area contributed by atoms with E-state index >= 15 is 0 Å². The second-order valence-corrected chi connectivity index (χ2v) is 12.1. The Kier molecular flexibility index (Phi) is 9.19. The van der Waals surface area contributed by atoms with Gasteiger partial charge in [0.2, 0.25) is 5.88 Å². The van der Waals surface area contributed by atoms with Crippen molar-refractivity contribution in [2.75, 3.05) is 33.4 Å². The molecule has 3 fully saturated rings. The summed E-state index contributed by atoms with van der Waals surface area (Å²) in [4.78, 5) is 24.5. The number of aromatic nitrogens is 2. The van der Waals surface area contributed by atoms with Crippen LogP contribution in [0.5, 0.6) is 5.88 Å². The number of Topliss-reactive ketones (excluding diaryl/α,β-unsaturated/α-hetero) is 1. The standard InChI is InChI=1S/C31H44N6O4/c1-20(25-8-6-15-37(25)2)41-27-17-24(23(32)10-14-34-18-21-11-16-40-19-21)35-30(36-27)28(33)22-7-5-13-31(29(22)39)12-4-3-9-26(31)38/h10,14,17,20-21,25,32-34,39H,3-9,11-13,15-16,18-19H2,1-2H3/b14-10-,32-23?,33-28?/t20-,21+,25-,31+/m0/s1. The predicted octanol–water partition coefficient (Wildman–Crippen LogP) is 4.34. The molecular weight excluding hydrogens is 520 g/mol. The Hall–Kier alpha value is -3.11. The van der Waals surface area contributed by atoms with Gasteiger partial charge in [-0.2, -0.15) is 4.98 Å². The minimum Gasteiger partial charge on any atom is -0.511 e. The smallest absolute Gasteiger partial charge is 0.217 e. The van der Waals surface area contributed by atoms with Gasteiger partial charge in [0.15, 0.2) is 5.82 Å². The number of carbonyl (C=O) groups is 1. The van der Waals surface area contributed by atoms with Gasteiger partial charge in [0.05, 0.1) is 23.4 Å². The summed E-state index contributed by atoms with van der Waals surface area (Å²) >= 11 is 0. The molecule has 1 aromatic rings. The third-order valence-electron chi connectivity index (χ3n) is 9.29. The largest absolute Gasteiger partial charge is 0.511 e. The van der Waals surface area contributed by atoms with E-state index < -0.39 is 5.41 Å². The molecule has 1 saturated carbocycles. The third-order valence-corrected chi connectivity index (χ3v) is 9.29. The fraction of sp³-hybridized carbons (Fsp3) is 0.645. The lowest BCUT2D eigenvalue weighted by Crippen LogP contribution is -2.39. The van der Waals surface area contributed by atoms with Gasteiger partial charge in [-0.25, -0.2) is 4.98 Å². The van der Waals surface area contributed by atoms with Crippen LogP contribution < -0.4 is 10.1 Å². The first-order chi connectivity index (χ1) is 19.8. The molecule has 4 atom stereocenters. The zero-order chi connectivity index (χ0) is 29.0. The first-order valence-electron chi connectivity index (χ1n) is 15.2. The fourth-order valence-electron chi connectivity index (χ4n) is 6.82. The Bertz CT molecular complexity index is 1220. The summed E-state index contributed by atoms with van der Waals surface area (Å²) in [6, 6.07) is 1.91. The van der Waals surface area contributed by atoms with Crippen LogP contribution in [0.25, 0.3) is 0 Å². The van der Waals surface area contributed by atoms with Crippen molar-refractivity contribution in [2.24, 2.45) is 11.3 Å². The van der Waals surface area contributed by atoms with E-state index in [1.54, 1.807) is 18.3 Å². The molecule has 2 saturated heterocycles. The number of likely N-dealkylation sites (tertiary alicyclic amines) is 1. The van der Waals surface area contributed by atoms with Crippen molar-refractivity contribution in [1.82, 2.24) is 20.2 Å². The molecule has 0 amide bonds. The number of ether oxygens (including phenoxy) is 2. The SMILES string of the molecule is C[C@H](Oc1cc(C(=N)/C=C\NC[C@H]2CCOC2)nc(C(=N)C2=C(O)[C@]3(CCCCC3=O)CCC2)n1)[C@@H]1CCCN1C. The molecule has 2 aliphatic carbocycles. The maximum Gasteiger partial charge on any atom is 0.217 e. The van der Waals surface area contributed by atoms with Crippen molar-refractivity contribution in [3.05, 3.63) is 41.2 Å². The van der Waals surface area contributed by atoms with E-state index in [9.17, 15) is 9.90 Å². The van der Waals surface area contributed by atoms with Gasteiger partial charge in [-0.1, -0.05) is 6.42 Å². The van der Waals surface area contributed by atoms with Crippen LogP contribution in [0.1, 0.15) is 82.7 Å². The van der Waals surface area contributed by atoms with Gasteiger partial charge in [0.25, 0.3) is 0 Å². The van der Waals surface area contributed by atoms with E-state index in [2.05, 4.69) is 27.2 Å². The van der Waals surface area contributed by atoms with Crippen molar-refractivity contribution in [1.29, 1.82) is 10.8 Å². The van der Waals surface area contributed by atoms with Crippen LogP contribution in [0.2, 0.25) is 0 Å². The number of aliphatic hydroxyl groups is 1. The van der Waals surface area contributed by atoms with Crippen LogP contribution in [0.3, 0.4) is 0 Å². The van der Waals surface area contributed by atoms with E-state index in [4.69, 9.17) is 20.3 Å². The second-order valence-electron chi connectivity index (χ2n) is 12.1. The Balaban J connectivity index is 1.42. The topological polar surface area (TPSA) is 145 Å². The van der Waals surface area contributed by atoms with Crippen molar-refractivity contribution in [3.8, 4) is 5.88 Å². The lowest BCUT2D eigenvalue weighted by molar-refractivity contribution is -0.131. The van der Waals surface area contributed by atoms with Crippen molar-refractivity contribution < 1.29 is 19.4 Å². The maximum absolute atomic E-state index is 13.0. The molecule has 4 aliphatic rings. The fourth-order valence-corrected chi connectivity index (χ4v) is 6.82. The zero-order valence-corrected chi connectivity index (χ0v) is 24.4. The summed E-state index contributed by atoms with van der Waals surface area (Å²) in [5.41, 5.74) is 0.0348. The highest BCUT2D eigenvalue weighted by Gasteiger charge is 2.47. The molecule has 3 heterocycles. The highest BCUT2D eigenvalue weighted by Crippen LogP contribution is 2.48. The molecule has 0 unspecified atom stereocenters. The van der Waals surface area contributed by atoms with Gasteiger partial charge >= 0.3 is 0 Å². The lowest BCUT2D eigenvalue weighted by Gasteiger charge is -2.39. The highest BCUT2D eigenvalue weighted by atomic mass is 16.5. The number of aliphatic hydroxyl groups excluding tert-OH is 1. The summed E-state index contributed by atoms with van der Waals surface area (Å²) in [5.74, 6) is 0.955. The Morgan fingerprint density at radius 3 is 2.80 bits per heavy atom. The second kappa shape index (κ2) is 12.8. The van der Waals surface area contributed by atoms with E-state index in [0.29, 0.717) is 48.7 Å². The average molecular weight is 565 g/mol. The van der Waals surface area contributed by atoms with E-state index in [0.717, 1.165) is 64.8 Å². The molecule has 10 heteroatoms. The summed E-state index contributed by atoms with van der Waals surface area (Å²) in [6.45, 7) is 5.36. The average Bonchev–Trinajstić information content (AvgIpc) is 3.65. The summed E-state index contributed by atoms with van der Waals surface area (Å²) < 4.78 is 11.7. The van der Waals surface area contributed by atoms with Gasteiger partial charge in [-0.05, 0) is 84.2 Å². The zero-order valence-electron chi connectivity index (χ0n) is 24.4. The number of allylic oxidation sites excluding steroid dienone is 3. The number of hydrogen-bond acceptors (Lipinski definition) is 10. The normalized spacial score (nSPS) is 28.0. The third kappa shape index (κ3) is 6.38. The Morgan fingerprint density at radius 2 is 2.07 bits per heavy atom. The molecule has 0 aromatic carbocycles. The number of ketones is 1. The van der Waals surface area contributed by atoms with Crippen molar-refractivity contribution >= 4 is 17.2 Å². The van der Waals surface area contributed by atoms with Crippen molar-refractivity contribution in [3.63, 3.8) is 0 Å². The lowest BCUT2D eigenvalue weighted by atomic mass is 9.64. The maximum atomic E-state index is 13.0. The van der Waals surface area contributed by atoms with Crippen LogP contribution in [-0.2, 0) is 9.53 Å². The molecule has 4 N–H and O–H groups in total. The summed E-state index contributed by atoms with van der Waals surface area (Å²) in [5, 5.41) is 32.4. The molecular formula is C31H44N6O4. The first kappa shape index (κ1) is 29.4. The van der Waals surface area contributed by atoms with Crippen LogP contribution in [-0.4, -0.2) is 82.7 Å². The highest BCUT2D eigenvalue weighted by molar-refractivity contribution is 6.11. The number of nitrogens with zero attached hydrogens (tertiary/aromatic N) is 3. The molecule has 2 aliphatic heterocycles. The molecule has 10 nitrogen and oxygen atoms in total. The van der Waals surface area contributed by atoms with E-state index in [-0.39, 0.29) is 40.9 Å². The number of likely N-dealkylation sites (N-methyl/N-ethyl adjacent to an activating group) is 1. The minimum atomic E-state index is -0.887. The summed E-state index contributed by atoms with van der Waals surface area (Å²) in [6.07, 6.45) is 11.1. The first-order valence-corrected chi connectivity index (χ1v) is 15.2. The van der Waals surface area contributed by atoms with Crippen LogP contribution in [0.15, 0.2) is 29.7 Å². The van der Waals surface area contributed by atoms with Crippen LogP contribution >= 0.6 is 0 Å². The number of rotatable bonds is 10. The molecule has 1 spiro atoms. The molecule has 0 radical (unpaired) electrons. The van der Waals surface area contributed by atoms with Crippen molar-refractivity contribution in [2.45, 2.75) is 83.3 Å². The van der Waals surface area contributed by atoms with Gasteiger partial charge in [-0.3, -0.25) is 20.5 Å². The van der Waals surface area contributed by atoms with Crippen LogP contribution in [0, 0.1) is 22.2 Å². The molecule has 41 heavy (non-hydrogen) atoms. The quantitative estimate of drug-likeness (QED) is 0.307. The minimum absolute atomic E-state index is 0.00609. The molecule has 5 rings (SSSR count). The summed E-state index contributed by atoms with van der Waals surface area (Å²) in [7, 11) is 2.09. The Morgan fingerprint density at radius 1 is 1.24 bits per heavy atom. The number of nitrogens with one attached hydrogen (secondary N) is 3. The Labute approximate surface area is 242 Å². The van der Waals surface area contributed by atoms with Crippen LogP contribution in [0.4, 0.5) is 0 Å². The van der Waals surface area contributed by atoms with Gasteiger partial charge < -0.3 is 19.9 Å². The van der Waals surface area contributed by atoms with E-state index in [1.165, 1.54) is 0 Å². The van der Waals surface area contributed by atoms with Gasteiger partial charge in [-0.15, -0.1) is 0 Å². The van der Waals surface area contributed by atoms with Gasteiger partial charge in [0, 0.05) is 43.2 Å².